The van der Waals surface area contributed by atoms with E-state index in [1.54, 1.807) is 0 Å². The molecule has 2 aliphatic rings. The molecule has 0 atom stereocenters. The Hall–Kier alpha value is -5.23. The number of thiophene rings is 2. The van der Waals surface area contributed by atoms with Crippen molar-refractivity contribution in [3.8, 4) is 22.5 Å². The van der Waals surface area contributed by atoms with Gasteiger partial charge in [0, 0.05) is 60.1 Å². The molecule has 49 heavy (non-hydrogen) atoms. The third-order valence-electron chi connectivity index (χ3n) is 9.80. The van der Waals surface area contributed by atoms with Crippen molar-refractivity contribution in [2.24, 2.45) is 4.99 Å². The summed E-state index contributed by atoms with van der Waals surface area (Å²) in [5, 5.41) is 4.99. The smallest absolute Gasteiger partial charge is 0.160 e. The van der Waals surface area contributed by atoms with Crippen molar-refractivity contribution in [1.82, 2.24) is 9.97 Å². The van der Waals surface area contributed by atoms with Crippen LogP contribution in [0.1, 0.15) is 51.8 Å². The van der Waals surface area contributed by atoms with E-state index in [0.29, 0.717) is 0 Å². The highest BCUT2D eigenvalue weighted by Gasteiger charge is 2.18. The van der Waals surface area contributed by atoms with E-state index in [1.807, 2.05) is 47.3 Å². The Morgan fingerprint density at radius 1 is 0.694 bits per heavy atom. The summed E-state index contributed by atoms with van der Waals surface area (Å²) in [4.78, 5) is 17.6. The molecule has 0 amide bonds. The number of hydrogen-bond donors (Lipinski definition) is 0. The number of nitrogens with zero attached hydrogens (tertiary/aromatic N) is 3. The predicted molar refractivity (Wildman–Crippen MR) is 213 cm³/mol. The van der Waals surface area contributed by atoms with Gasteiger partial charge in [-0.05, 0) is 100 Å². The zero-order valence-corrected chi connectivity index (χ0v) is 28.9. The molecular weight excluding hydrogens is 635 g/mol. The minimum Gasteiger partial charge on any atom is -0.260 e. The molecule has 9 rings (SSSR count). The molecule has 5 heteroatoms. The van der Waals surface area contributed by atoms with Gasteiger partial charge >= 0.3 is 0 Å². The monoisotopic (exact) mass is 667 g/mol. The van der Waals surface area contributed by atoms with Gasteiger partial charge < -0.3 is 0 Å². The zero-order valence-electron chi connectivity index (χ0n) is 27.2. The van der Waals surface area contributed by atoms with Crippen LogP contribution in [0.15, 0.2) is 121 Å². The van der Waals surface area contributed by atoms with Gasteiger partial charge in [-0.15, -0.1) is 22.7 Å². The summed E-state index contributed by atoms with van der Waals surface area (Å²) < 4.78 is 2.59. The molecule has 0 saturated carbocycles. The van der Waals surface area contributed by atoms with Crippen LogP contribution in [0.4, 0.5) is 0 Å². The van der Waals surface area contributed by atoms with Crippen molar-refractivity contribution in [3.63, 3.8) is 0 Å². The molecule has 7 aromatic rings. The number of aromatic nitrogens is 2. The highest BCUT2D eigenvalue weighted by molar-refractivity contribution is 7.21. The molecule has 3 heterocycles. The number of hydrogen-bond acceptors (Lipinski definition) is 5. The molecule has 0 aliphatic heterocycles. The first-order chi connectivity index (χ1) is 24.2. The van der Waals surface area contributed by atoms with Gasteiger partial charge in [0.25, 0.3) is 0 Å². The summed E-state index contributed by atoms with van der Waals surface area (Å²) in [6, 6.07) is 26.0. The molecule has 236 valence electrons. The summed E-state index contributed by atoms with van der Waals surface area (Å²) in [6.45, 7) is 6.29. The second-order valence-corrected chi connectivity index (χ2v) is 14.7. The molecule has 0 spiro atoms. The maximum Gasteiger partial charge on any atom is 0.160 e. The van der Waals surface area contributed by atoms with Gasteiger partial charge in [0.05, 0.1) is 0 Å². The Labute approximate surface area is 294 Å². The average molecular weight is 668 g/mol. The zero-order chi connectivity index (χ0) is 32.9. The van der Waals surface area contributed by atoms with Gasteiger partial charge in [-0.3, -0.25) is 4.99 Å². The average Bonchev–Trinajstić information content (AvgIpc) is 3.74. The van der Waals surface area contributed by atoms with E-state index in [4.69, 9.17) is 15.0 Å². The van der Waals surface area contributed by atoms with Crippen molar-refractivity contribution >= 4 is 77.1 Å². The standard InChI is InChI=1S/C44H33N3S2/c1-3-28(24-45-27(2)30-14-8-19-37-35-12-4-6-22-40(35)48-42(30)37)31-15-9-18-34-32(16-10-17-33(31)34)29-25-46-44(47-26-29)39-21-11-20-38-36-13-5-7-23-41(36)49-43(38)39/h3,6-11,14-26H,1,4-5,12-13H2,2H3/b28-24+,45-27?. The lowest BCUT2D eigenvalue weighted by Crippen LogP contribution is -1.95. The quantitative estimate of drug-likeness (QED) is 0.131. The van der Waals surface area contributed by atoms with Gasteiger partial charge in [-0.25, -0.2) is 9.97 Å². The van der Waals surface area contributed by atoms with Gasteiger partial charge in [-0.2, -0.15) is 0 Å². The molecule has 0 unspecified atom stereocenters. The van der Waals surface area contributed by atoms with Crippen LogP contribution in [0.5, 0.6) is 0 Å². The van der Waals surface area contributed by atoms with E-state index >= 15 is 0 Å². The van der Waals surface area contributed by atoms with Crippen LogP contribution in [-0.2, 0) is 12.8 Å². The first-order valence-corrected chi connectivity index (χ1v) is 18.5. The van der Waals surface area contributed by atoms with E-state index in [-0.39, 0.29) is 0 Å². The molecule has 0 fully saturated rings. The minimum atomic E-state index is 0.762. The Morgan fingerprint density at radius 3 is 2.00 bits per heavy atom. The number of benzene rings is 4. The fourth-order valence-corrected chi connectivity index (χ4v) is 9.98. The van der Waals surface area contributed by atoms with Gasteiger partial charge in [0.2, 0.25) is 0 Å². The SMILES string of the molecule is C=C/C(=C\N=C(C)c1cccc2c3c(sc12)C=CCC3)c1cccc2c(-c3cnc(-c4cccc5c6c(sc45)C=CCC6)nc3)cccc12. The lowest BCUT2D eigenvalue weighted by atomic mass is 9.94. The molecule has 0 radical (unpaired) electrons. The van der Waals surface area contributed by atoms with E-state index < -0.39 is 0 Å². The van der Waals surface area contributed by atoms with E-state index in [2.05, 4.69) is 111 Å². The van der Waals surface area contributed by atoms with Crippen LogP contribution in [0.25, 0.3) is 71.2 Å². The van der Waals surface area contributed by atoms with Crippen molar-refractivity contribution in [1.29, 1.82) is 0 Å². The third kappa shape index (κ3) is 5.13. The number of aliphatic imine (C=N–C) groups is 1. The van der Waals surface area contributed by atoms with Crippen LogP contribution in [0.3, 0.4) is 0 Å². The summed E-state index contributed by atoms with van der Waals surface area (Å²) in [7, 11) is 0. The highest BCUT2D eigenvalue weighted by Crippen LogP contribution is 2.41. The Balaban J connectivity index is 1.06. The Kier molecular flexibility index (Phi) is 7.52. The van der Waals surface area contributed by atoms with Crippen molar-refractivity contribution in [2.75, 3.05) is 0 Å². The summed E-state index contributed by atoms with van der Waals surface area (Å²) in [6.07, 6.45) is 21.3. The fourth-order valence-electron chi connectivity index (χ4n) is 7.35. The van der Waals surface area contributed by atoms with Crippen LogP contribution in [-0.4, -0.2) is 15.7 Å². The van der Waals surface area contributed by atoms with Crippen LogP contribution in [0.2, 0.25) is 0 Å². The molecule has 4 aromatic carbocycles. The van der Waals surface area contributed by atoms with Crippen molar-refractivity contribution in [3.05, 3.63) is 148 Å². The normalized spacial score (nSPS) is 14.5. The van der Waals surface area contributed by atoms with Gasteiger partial charge in [0.15, 0.2) is 5.82 Å². The van der Waals surface area contributed by atoms with E-state index in [0.717, 1.165) is 75.8 Å². The molecular formula is C44H33N3S2. The van der Waals surface area contributed by atoms with Crippen molar-refractivity contribution in [2.45, 2.75) is 32.6 Å². The second kappa shape index (κ2) is 12.3. The second-order valence-electron chi connectivity index (χ2n) is 12.6. The topological polar surface area (TPSA) is 38.1 Å². The Morgan fingerprint density at radius 2 is 1.29 bits per heavy atom. The van der Waals surface area contributed by atoms with Crippen LogP contribution in [0, 0.1) is 0 Å². The maximum atomic E-state index is 5.02. The number of fused-ring (bicyclic) bond motifs is 7. The predicted octanol–water partition coefficient (Wildman–Crippen LogP) is 12.3. The van der Waals surface area contributed by atoms with Crippen molar-refractivity contribution < 1.29 is 0 Å². The minimum absolute atomic E-state index is 0.762. The molecule has 0 bridgehead atoms. The lowest BCUT2D eigenvalue weighted by molar-refractivity contribution is 1.01. The molecule has 0 N–H and O–H groups in total. The third-order valence-corrected chi connectivity index (χ3v) is 12.3. The molecule has 2 aliphatic carbocycles. The van der Waals surface area contributed by atoms with Crippen LogP contribution < -0.4 is 0 Å². The first-order valence-electron chi connectivity index (χ1n) is 16.8. The van der Waals surface area contributed by atoms with Gasteiger partial charge in [-0.1, -0.05) is 91.5 Å². The summed E-state index contributed by atoms with van der Waals surface area (Å²) >= 11 is 3.73. The molecule has 3 aromatic heterocycles. The van der Waals surface area contributed by atoms with E-state index in [9.17, 15) is 0 Å². The first kappa shape index (κ1) is 29.9. The largest absolute Gasteiger partial charge is 0.260 e. The number of rotatable bonds is 6. The Bertz CT molecular complexity index is 2570. The summed E-state index contributed by atoms with van der Waals surface area (Å²) in [5.41, 5.74) is 10.4. The lowest BCUT2D eigenvalue weighted by Gasteiger charge is -2.12. The highest BCUT2D eigenvalue weighted by atomic mass is 32.1. The number of allylic oxidation sites excluding steroid dienone is 4. The fraction of sp³-hybridized carbons (Fsp3) is 0.114. The van der Waals surface area contributed by atoms with Crippen LogP contribution >= 0.6 is 22.7 Å². The molecule has 3 nitrogen and oxygen atoms in total. The number of aryl methyl sites for hydroxylation is 2. The summed E-state index contributed by atoms with van der Waals surface area (Å²) in [5.74, 6) is 0.762. The van der Waals surface area contributed by atoms with E-state index in [1.165, 1.54) is 46.6 Å². The molecule has 0 saturated heterocycles. The maximum absolute atomic E-state index is 5.02. The van der Waals surface area contributed by atoms with Gasteiger partial charge in [0.1, 0.15) is 0 Å².